The molecule has 0 amide bonds. The molecule has 156 valence electrons. The minimum absolute atomic E-state index is 0.568. The Morgan fingerprint density at radius 3 is 2.37 bits per heavy atom. The third-order valence-electron chi connectivity index (χ3n) is 7.31. The standard InChI is InChI=1S/C22H25ClN6O/c23-20-5-14-7-25-29(18-8-24-27(11-18)15-1-2-15)21(14)6-22(20)26-9-16-3-4-17(10-26)28(16)19-12-30-13-19/h5-8,11,15-17,19H,1-4,9-10,12-13H2. The molecule has 1 aromatic carbocycles. The highest BCUT2D eigenvalue weighted by atomic mass is 35.5. The van der Waals surface area contributed by atoms with Gasteiger partial charge < -0.3 is 9.64 Å². The number of hydrogen-bond donors (Lipinski definition) is 0. The number of rotatable bonds is 4. The van der Waals surface area contributed by atoms with Gasteiger partial charge in [0.1, 0.15) is 5.69 Å². The van der Waals surface area contributed by atoms with Crippen LogP contribution in [0.2, 0.25) is 5.02 Å². The summed E-state index contributed by atoms with van der Waals surface area (Å²) >= 11 is 6.77. The van der Waals surface area contributed by atoms with E-state index >= 15 is 0 Å². The van der Waals surface area contributed by atoms with Gasteiger partial charge in [-0.3, -0.25) is 9.58 Å². The van der Waals surface area contributed by atoms with Crippen LogP contribution in [0.4, 0.5) is 5.69 Å². The molecule has 3 saturated heterocycles. The summed E-state index contributed by atoms with van der Waals surface area (Å²) in [4.78, 5) is 5.22. The molecule has 8 heteroatoms. The normalized spacial score (nSPS) is 27.2. The molecule has 7 nitrogen and oxygen atoms in total. The first-order valence-corrected chi connectivity index (χ1v) is 11.4. The zero-order chi connectivity index (χ0) is 19.8. The van der Waals surface area contributed by atoms with Crippen LogP contribution in [-0.2, 0) is 4.74 Å². The Bertz CT molecular complexity index is 1100. The van der Waals surface area contributed by atoms with Crippen LogP contribution in [0.15, 0.2) is 30.7 Å². The first kappa shape index (κ1) is 17.6. The molecule has 0 N–H and O–H groups in total. The lowest BCUT2D eigenvalue weighted by molar-refractivity contribution is -0.0850. The van der Waals surface area contributed by atoms with Gasteiger partial charge in [-0.05, 0) is 37.8 Å². The fourth-order valence-corrected chi connectivity index (χ4v) is 5.87. The highest BCUT2D eigenvalue weighted by Gasteiger charge is 2.45. The van der Waals surface area contributed by atoms with Crippen molar-refractivity contribution in [1.82, 2.24) is 24.5 Å². The van der Waals surface area contributed by atoms with Gasteiger partial charge in [-0.2, -0.15) is 10.2 Å². The van der Waals surface area contributed by atoms with Crippen LogP contribution in [0.3, 0.4) is 0 Å². The van der Waals surface area contributed by atoms with Crippen molar-refractivity contribution in [2.75, 3.05) is 31.2 Å². The molecule has 0 radical (unpaired) electrons. The topological polar surface area (TPSA) is 51.4 Å². The lowest BCUT2D eigenvalue weighted by Gasteiger charge is -2.48. The molecule has 1 saturated carbocycles. The number of ether oxygens (including phenoxy) is 1. The summed E-state index contributed by atoms with van der Waals surface area (Å²) in [6.45, 7) is 3.86. The predicted octanol–water partition coefficient (Wildman–Crippen LogP) is 3.26. The van der Waals surface area contributed by atoms with Crippen molar-refractivity contribution in [3.8, 4) is 5.69 Å². The van der Waals surface area contributed by atoms with Crippen LogP contribution in [-0.4, -0.2) is 68.9 Å². The second-order valence-corrected chi connectivity index (χ2v) is 9.66. The predicted molar refractivity (Wildman–Crippen MR) is 116 cm³/mol. The Morgan fingerprint density at radius 2 is 1.67 bits per heavy atom. The summed E-state index contributed by atoms with van der Waals surface area (Å²) in [5.41, 5.74) is 3.23. The summed E-state index contributed by atoms with van der Waals surface area (Å²) < 4.78 is 9.53. The molecule has 2 bridgehead atoms. The van der Waals surface area contributed by atoms with Crippen molar-refractivity contribution < 1.29 is 4.74 Å². The van der Waals surface area contributed by atoms with Crippen LogP contribution in [0, 0.1) is 0 Å². The van der Waals surface area contributed by atoms with E-state index in [0.717, 1.165) is 53.6 Å². The van der Waals surface area contributed by atoms with Gasteiger partial charge in [0.05, 0.1) is 60.1 Å². The van der Waals surface area contributed by atoms with E-state index in [1.54, 1.807) is 0 Å². The zero-order valence-corrected chi connectivity index (χ0v) is 17.6. The van der Waals surface area contributed by atoms with Crippen molar-refractivity contribution in [2.24, 2.45) is 0 Å². The number of halogens is 1. The maximum Gasteiger partial charge on any atom is 0.103 e. The minimum atomic E-state index is 0.568. The van der Waals surface area contributed by atoms with Crippen molar-refractivity contribution in [2.45, 2.75) is 49.9 Å². The van der Waals surface area contributed by atoms with Crippen LogP contribution < -0.4 is 4.90 Å². The van der Waals surface area contributed by atoms with Crippen LogP contribution in [0.5, 0.6) is 0 Å². The average Bonchev–Trinajstić information content (AvgIpc) is 3.22. The summed E-state index contributed by atoms with van der Waals surface area (Å²) in [5, 5.41) is 11.1. The quantitative estimate of drug-likeness (QED) is 0.643. The molecule has 4 fully saturated rings. The molecule has 3 aromatic rings. The summed E-state index contributed by atoms with van der Waals surface area (Å²) in [6, 6.07) is 6.68. The maximum atomic E-state index is 6.77. The fraction of sp³-hybridized carbons (Fsp3) is 0.545. The van der Waals surface area contributed by atoms with Gasteiger partial charge >= 0.3 is 0 Å². The van der Waals surface area contributed by atoms with E-state index in [-0.39, 0.29) is 0 Å². The first-order chi connectivity index (χ1) is 14.7. The number of anilines is 1. The fourth-order valence-electron chi connectivity index (χ4n) is 5.58. The molecule has 3 aliphatic heterocycles. The van der Waals surface area contributed by atoms with E-state index in [9.17, 15) is 0 Å². The van der Waals surface area contributed by atoms with Gasteiger partial charge in [-0.1, -0.05) is 11.6 Å². The molecular formula is C22H25ClN6O. The Kier molecular flexibility index (Phi) is 3.78. The number of fused-ring (bicyclic) bond motifs is 3. The van der Waals surface area contributed by atoms with E-state index in [1.807, 2.05) is 17.1 Å². The molecule has 5 heterocycles. The van der Waals surface area contributed by atoms with Gasteiger partial charge in [0, 0.05) is 30.6 Å². The van der Waals surface area contributed by atoms with E-state index in [1.165, 1.54) is 25.7 Å². The van der Waals surface area contributed by atoms with Crippen molar-refractivity contribution >= 4 is 28.2 Å². The maximum absolute atomic E-state index is 6.77. The Labute approximate surface area is 180 Å². The van der Waals surface area contributed by atoms with Crippen molar-refractivity contribution in [3.63, 3.8) is 0 Å². The van der Waals surface area contributed by atoms with Gasteiger partial charge in [-0.15, -0.1) is 0 Å². The van der Waals surface area contributed by atoms with Crippen LogP contribution in [0.25, 0.3) is 16.6 Å². The van der Waals surface area contributed by atoms with Crippen molar-refractivity contribution in [1.29, 1.82) is 0 Å². The van der Waals surface area contributed by atoms with Gasteiger partial charge in [0.2, 0.25) is 0 Å². The lowest BCUT2D eigenvalue weighted by atomic mass is 10.1. The second kappa shape index (κ2) is 6.45. The first-order valence-electron chi connectivity index (χ1n) is 11.1. The molecule has 0 spiro atoms. The molecule has 2 atom stereocenters. The second-order valence-electron chi connectivity index (χ2n) is 9.26. The molecule has 4 aliphatic rings. The average molecular weight is 425 g/mol. The van der Waals surface area contributed by atoms with Gasteiger partial charge in [0.25, 0.3) is 0 Å². The third-order valence-corrected chi connectivity index (χ3v) is 7.61. The number of piperazine rings is 1. The Balaban J connectivity index is 1.23. The van der Waals surface area contributed by atoms with E-state index in [0.29, 0.717) is 24.2 Å². The molecule has 2 aromatic heterocycles. The van der Waals surface area contributed by atoms with E-state index in [4.69, 9.17) is 16.3 Å². The van der Waals surface area contributed by atoms with E-state index in [2.05, 4.69) is 43.0 Å². The van der Waals surface area contributed by atoms with Crippen LogP contribution in [0.1, 0.15) is 31.7 Å². The largest absolute Gasteiger partial charge is 0.378 e. The molecule has 7 rings (SSSR count). The number of benzene rings is 1. The third kappa shape index (κ3) is 2.65. The molecule has 2 unspecified atom stereocenters. The molecule has 30 heavy (non-hydrogen) atoms. The Hall–Kier alpha value is -2.09. The van der Waals surface area contributed by atoms with E-state index < -0.39 is 0 Å². The highest BCUT2D eigenvalue weighted by molar-refractivity contribution is 6.34. The number of hydrogen-bond acceptors (Lipinski definition) is 5. The lowest BCUT2D eigenvalue weighted by Crippen LogP contribution is -2.62. The van der Waals surface area contributed by atoms with Gasteiger partial charge in [-0.25, -0.2) is 4.68 Å². The zero-order valence-electron chi connectivity index (χ0n) is 16.8. The molecule has 1 aliphatic carbocycles. The Morgan fingerprint density at radius 1 is 0.900 bits per heavy atom. The smallest absolute Gasteiger partial charge is 0.103 e. The van der Waals surface area contributed by atoms with Crippen molar-refractivity contribution in [3.05, 3.63) is 35.7 Å². The number of aromatic nitrogens is 4. The summed E-state index contributed by atoms with van der Waals surface area (Å²) in [5.74, 6) is 0. The summed E-state index contributed by atoms with van der Waals surface area (Å²) in [7, 11) is 0. The molecular weight excluding hydrogens is 400 g/mol. The van der Waals surface area contributed by atoms with Crippen LogP contribution >= 0.6 is 11.6 Å². The SMILES string of the molecule is Clc1cc2cnn(-c3cnn(C4CC4)c3)c2cc1N1CC2CCC(C1)N2C1COC1. The monoisotopic (exact) mass is 424 g/mol. The summed E-state index contributed by atoms with van der Waals surface area (Å²) in [6.07, 6.45) is 10.9. The minimum Gasteiger partial charge on any atom is -0.378 e. The van der Waals surface area contributed by atoms with Gasteiger partial charge in [0.15, 0.2) is 0 Å². The highest BCUT2D eigenvalue weighted by Crippen LogP contribution is 2.39. The number of nitrogens with zero attached hydrogens (tertiary/aromatic N) is 6.